The normalized spacial score (nSPS) is 21.1. The molecule has 1 fully saturated rings. The minimum absolute atomic E-state index is 0.0936. The zero-order valence-electron chi connectivity index (χ0n) is 21.0. The zero-order chi connectivity index (χ0) is 27.8. The number of carboxylic acid groups (broad SMARTS) is 1. The average Bonchev–Trinajstić information content (AvgIpc) is 3.55. The summed E-state index contributed by atoms with van der Waals surface area (Å²) in [6, 6.07) is 29.1. The Kier molecular flexibility index (Phi) is 6.88. The van der Waals surface area contributed by atoms with E-state index in [0.29, 0.717) is 17.0 Å². The Morgan fingerprint density at radius 1 is 0.897 bits per heavy atom. The molecular weight excluding hydrogens is 536 g/mol. The van der Waals surface area contributed by atoms with Crippen molar-refractivity contribution in [2.24, 2.45) is 0 Å². The van der Waals surface area contributed by atoms with E-state index in [1.807, 2.05) is 67.6 Å². The summed E-state index contributed by atoms with van der Waals surface area (Å²) < 4.78 is 29.2. The van der Waals surface area contributed by atoms with Gasteiger partial charge in [-0.2, -0.15) is 0 Å². The van der Waals surface area contributed by atoms with E-state index in [4.69, 9.17) is 11.6 Å². The van der Waals surface area contributed by atoms with Gasteiger partial charge < -0.3 is 15.5 Å². The lowest BCUT2D eigenvalue weighted by Gasteiger charge is -2.32. The number of nitrogens with one attached hydrogen (secondary N) is 2. The fourth-order valence-electron chi connectivity index (χ4n) is 5.30. The van der Waals surface area contributed by atoms with Gasteiger partial charge in [0.15, 0.2) is 0 Å². The van der Waals surface area contributed by atoms with Crippen LogP contribution in [0.1, 0.15) is 40.9 Å². The van der Waals surface area contributed by atoms with Gasteiger partial charge in [-0.1, -0.05) is 85.3 Å². The molecule has 4 N–H and O–H groups in total. The minimum Gasteiger partial charge on any atom is -0.478 e. The molecule has 200 valence electrons. The van der Waals surface area contributed by atoms with Crippen molar-refractivity contribution in [3.05, 3.63) is 125 Å². The average molecular weight is 563 g/mol. The Balaban J connectivity index is 1.59. The molecule has 0 radical (unpaired) electrons. The topological polar surface area (TPSA) is 116 Å². The molecule has 1 unspecified atom stereocenters. The highest BCUT2D eigenvalue weighted by atomic mass is 35.5. The summed E-state index contributed by atoms with van der Waals surface area (Å²) in [5.41, 5.74) is -0.0325. The van der Waals surface area contributed by atoms with Crippen LogP contribution in [0, 0.1) is 0 Å². The molecule has 0 bridgehead atoms. The number of rotatable bonds is 9. The molecule has 0 spiro atoms. The summed E-state index contributed by atoms with van der Waals surface area (Å²) >= 11 is 5.91. The Hall–Kier alpha value is -3.85. The molecule has 0 heterocycles. The molecule has 1 aliphatic carbocycles. The third kappa shape index (κ3) is 4.87. The van der Waals surface area contributed by atoms with Crippen LogP contribution in [0.4, 0.5) is 11.4 Å². The number of hydrogen-bond acceptors (Lipinski definition) is 5. The number of carbonyl (C=O) groups is 1. The van der Waals surface area contributed by atoms with Gasteiger partial charge in [-0.15, -0.1) is 0 Å². The van der Waals surface area contributed by atoms with Gasteiger partial charge >= 0.3 is 5.97 Å². The van der Waals surface area contributed by atoms with E-state index in [2.05, 4.69) is 10.0 Å². The van der Waals surface area contributed by atoms with Crippen molar-refractivity contribution < 1.29 is 23.4 Å². The van der Waals surface area contributed by atoms with E-state index in [1.54, 1.807) is 0 Å². The van der Waals surface area contributed by atoms with Crippen molar-refractivity contribution in [3.63, 3.8) is 0 Å². The second-order valence-corrected chi connectivity index (χ2v) is 12.0. The Morgan fingerprint density at radius 2 is 1.51 bits per heavy atom. The van der Waals surface area contributed by atoms with Crippen LogP contribution in [-0.2, 0) is 15.4 Å². The summed E-state index contributed by atoms with van der Waals surface area (Å²) in [5.74, 6) is -1.42. The van der Waals surface area contributed by atoms with Crippen LogP contribution >= 0.6 is 11.6 Å². The molecule has 3 atom stereocenters. The van der Waals surface area contributed by atoms with Crippen LogP contribution in [0.5, 0.6) is 0 Å². The minimum atomic E-state index is -4.29. The number of aliphatic hydroxyl groups excluding tert-OH is 1. The van der Waals surface area contributed by atoms with Crippen LogP contribution in [0.3, 0.4) is 0 Å². The Labute approximate surface area is 232 Å². The van der Waals surface area contributed by atoms with Crippen molar-refractivity contribution in [2.75, 3.05) is 10.0 Å². The first kappa shape index (κ1) is 26.7. The molecule has 39 heavy (non-hydrogen) atoms. The largest absolute Gasteiger partial charge is 0.478 e. The summed E-state index contributed by atoms with van der Waals surface area (Å²) in [6.07, 6.45) is -0.530. The second-order valence-electron chi connectivity index (χ2n) is 9.88. The van der Waals surface area contributed by atoms with Gasteiger partial charge in [0.25, 0.3) is 10.0 Å². The third-order valence-electron chi connectivity index (χ3n) is 7.47. The van der Waals surface area contributed by atoms with E-state index in [0.717, 1.165) is 5.56 Å². The van der Waals surface area contributed by atoms with Crippen molar-refractivity contribution in [1.29, 1.82) is 0 Å². The maximum atomic E-state index is 13.4. The smallest absolute Gasteiger partial charge is 0.339 e. The summed E-state index contributed by atoms with van der Waals surface area (Å²) in [6.45, 7) is 2.00. The highest BCUT2D eigenvalue weighted by Crippen LogP contribution is 2.64. The van der Waals surface area contributed by atoms with Gasteiger partial charge in [-0.05, 0) is 53.9 Å². The standard InChI is InChI=1S/C30H27ClN2O5S/c1-29(21-11-6-3-7-12-21)19-30(29,27(34)20-9-4-2-5-10-20)32-24-13-8-14-25(26(24)28(35)36)39(37,38)33-23-17-15-22(31)16-18-23/h2-18,27,32-34H,19H2,1H3,(H,35,36)/t27?,29-,30+/m0/s1. The number of hydrogen-bond donors (Lipinski definition) is 4. The van der Waals surface area contributed by atoms with Crippen molar-refractivity contribution in [1.82, 2.24) is 0 Å². The first-order valence-corrected chi connectivity index (χ1v) is 14.1. The lowest BCUT2D eigenvalue weighted by Crippen LogP contribution is -2.38. The third-order valence-corrected chi connectivity index (χ3v) is 9.14. The fraction of sp³-hybridized carbons (Fsp3) is 0.167. The van der Waals surface area contributed by atoms with Gasteiger partial charge in [0.05, 0.1) is 11.2 Å². The molecule has 0 aliphatic heterocycles. The second kappa shape index (κ2) is 10.0. The first-order valence-electron chi connectivity index (χ1n) is 12.3. The number of carboxylic acids is 1. The van der Waals surface area contributed by atoms with Crippen molar-refractivity contribution >= 4 is 39.0 Å². The lowest BCUT2D eigenvalue weighted by atomic mass is 9.86. The number of benzene rings is 4. The van der Waals surface area contributed by atoms with Crippen LogP contribution in [0.2, 0.25) is 5.02 Å². The van der Waals surface area contributed by atoms with Crippen LogP contribution < -0.4 is 10.0 Å². The number of halogens is 1. The SMILES string of the molecule is C[C@@]1(c2ccccc2)C[C@@]1(Nc1cccc(S(=O)(=O)Nc2ccc(Cl)cc2)c1C(=O)O)C(O)c1ccccc1. The molecule has 0 amide bonds. The predicted molar refractivity (Wildman–Crippen MR) is 152 cm³/mol. The number of sulfonamides is 1. The Bertz CT molecular complexity index is 1610. The molecule has 4 aromatic rings. The van der Waals surface area contributed by atoms with E-state index in [9.17, 15) is 23.4 Å². The maximum Gasteiger partial charge on any atom is 0.339 e. The summed E-state index contributed by atoms with van der Waals surface area (Å²) in [7, 11) is -4.29. The molecular formula is C30H27ClN2O5S. The zero-order valence-corrected chi connectivity index (χ0v) is 22.6. The molecule has 5 rings (SSSR count). The van der Waals surface area contributed by atoms with E-state index < -0.39 is 43.5 Å². The fourth-order valence-corrected chi connectivity index (χ4v) is 6.70. The molecule has 1 saturated carbocycles. The van der Waals surface area contributed by atoms with E-state index in [-0.39, 0.29) is 11.4 Å². The summed E-state index contributed by atoms with van der Waals surface area (Å²) in [5, 5.41) is 25.7. The highest BCUT2D eigenvalue weighted by Gasteiger charge is 2.69. The van der Waals surface area contributed by atoms with Gasteiger partial charge in [-0.3, -0.25) is 4.72 Å². The molecule has 4 aromatic carbocycles. The monoisotopic (exact) mass is 562 g/mol. The molecule has 7 nitrogen and oxygen atoms in total. The number of anilines is 2. The molecule has 0 saturated heterocycles. The molecule has 0 aromatic heterocycles. The Morgan fingerprint density at radius 3 is 2.13 bits per heavy atom. The van der Waals surface area contributed by atoms with Gasteiger partial charge in [0.2, 0.25) is 0 Å². The van der Waals surface area contributed by atoms with E-state index in [1.165, 1.54) is 42.5 Å². The van der Waals surface area contributed by atoms with Gasteiger partial charge in [-0.25, -0.2) is 13.2 Å². The van der Waals surface area contributed by atoms with Crippen molar-refractivity contribution in [3.8, 4) is 0 Å². The predicted octanol–water partition coefficient (Wildman–Crippen LogP) is 6.08. The summed E-state index contributed by atoms with van der Waals surface area (Å²) in [4.78, 5) is 12.2. The van der Waals surface area contributed by atoms with Crippen molar-refractivity contribution in [2.45, 2.75) is 35.3 Å². The van der Waals surface area contributed by atoms with Crippen LogP contribution in [-0.4, -0.2) is 30.1 Å². The number of aliphatic hydroxyl groups is 1. The van der Waals surface area contributed by atoms with Crippen LogP contribution in [0.25, 0.3) is 0 Å². The molecule has 1 aliphatic rings. The quantitative estimate of drug-likeness (QED) is 0.196. The lowest BCUT2D eigenvalue weighted by molar-refractivity contribution is 0.0693. The molecule has 9 heteroatoms. The van der Waals surface area contributed by atoms with Gasteiger partial charge in [0.1, 0.15) is 16.6 Å². The highest BCUT2D eigenvalue weighted by molar-refractivity contribution is 7.92. The van der Waals surface area contributed by atoms with E-state index >= 15 is 0 Å². The maximum absolute atomic E-state index is 13.4. The van der Waals surface area contributed by atoms with Gasteiger partial charge in [0, 0.05) is 16.1 Å². The van der Waals surface area contributed by atoms with Crippen LogP contribution in [0.15, 0.2) is 108 Å². The number of aromatic carboxylic acids is 1. The first-order chi connectivity index (χ1) is 18.6.